The first kappa shape index (κ1) is 20.6. The second-order valence-corrected chi connectivity index (χ2v) is 8.73. The van der Waals surface area contributed by atoms with Gasteiger partial charge in [-0.05, 0) is 55.7 Å². The van der Waals surface area contributed by atoms with E-state index in [2.05, 4.69) is 0 Å². The van der Waals surface area contributed by atoms with Crippen molar-refractivity contribution in [1.82, 2.24) is 0 Å². The fourth-order valence-electron chi connectivity index (χ4n) is 3.84. The average Bonchev–Trinajstić information content (AvgIpc) is 2.61. The zero-order valence-electron chi connectivity index (χ0n) is 16.6. The van der Waals surface area contributed by atoms with Gasteiger partial charge in [-0.3, -0.25) is 9.59 Å². The lowest BCUT2D eigenvalue weighted by Crippen LogP contribution is -2.41. The maximum absolute atomic E-state index is 13.3. The summed E-state index contributed by atoms with van der Waals surface area (Å²) in [7, 11) is 0. The van der Waals surface area contributed by atoms with Crippen LogP contribution in [-0.4, -0.2) is 23.6 Å². The molecule has 1 aliphatic heterocycles. The summed E-state index contributed by atoms with van der Waals surface area (Å²) in [6.07, 6.45) is -0.225. The van der Waals surface area contributed by atoms with Crippen LogP contribution in [0.15, 0.2) is 41.3 Å². The topological polar surface area (TPSA) is 43.4 Å². The summed E-state index contributed by atoms with van der Waals surface area (Å²) in [5.74, 6) is -1.02. The summed E-state index contributed by atoms with van der Waals surface area (Å²) in [5, 5.41) is 0. The molecule has 3 atom stereocenters. The maximum Gasteiger partial charge on any atom is 0.321 e. The lowest BCUT2D eigenvalue weighted by Gasteiger charge is -2.32. The van der Waals surface area contributed by atoms with Crippen LogP contribution in [0.2, 0.25) is 0 Å². The molecule has 1 aliphatic rings. The largest absolute Gasteiger partial charge is 0.461 e. The first-order chi connectivity index (χ1) is 13.3. The number of thioether (sulfide) groups is 1. The molecule has 3 nitrogen and oxygen atoms in total. The third-order valence-corrected chi connectivity index (χ3v) is 6.48. The van der Waals surface area contributed by atoms with E-state index >= 15 is 0 Å². The molecule has 0 N–H and O–H groups in total. The number of carbonyl (C=O) groups excluding carboxylic acids is 2. The average molecular weight is 401 g/mol. The number of ketones is 1. The number of halogens is 1. The van der Waals surface area contributed by atoms with Crippen molar-refractivity contribution in [3.63, 3.8) is 0 Å². The predicted molar refractivity (Wildman–Crippen MR) is 109 cm³/mol. The highest BCUT2D eigenvalue weighted by atomic mass is 32.2. The Kier molecular flexibility index (Phi) is 6.23. The minimum absolute atomic E-state index is 0.0117. The number of carbonyl (C=O) groups is 2. The molecule has 3 rings (SSSR count). The minimum atomic E-state index is -0.833. The molecule has 1 fully saturated rings. The van der Waals surface area contributed by atoms with Crippen LogP contribution in [0.4, 0.5) is 4.39 Å². The van der Waals surface area contributed by atoms with Crippen LogP contribution >= 0.6 is 11.8 Å². The quantitative estimate of drug-likeness (QED) is 0.396. The van der Waals surface area contributed by atoms with Crippen molar-refractivity contribution < 1.29 is 18.7 Å². The highest BCUT2D eigenvalue weighted by molar-refractivity contribution is 7.99. The summed E-state index contributed by atoms with van der Waals surface area (Å²) < 4.78 is 19.0. The Balaban J connectivity index is 1.69. The third kappa shape index (κ3) is 4.46. The van der Waals surface area contributed by atoms with Crippen molar-refractivity contribution in [2.45, 2.75) is 51.0 Å². The molecule has 2 aromatic carbocycles. The van der Waals surface area contributed by atoms with E-state index in [4.69, 9.17) is 4.74 Å². The van der Waals surface area contributed by atoms with E-state index in [-0.39, 0.29) is 23.9 Å². The fourth-order valence-corrected chi connectivity index (χ4v) is 4.88. The first-order valence-electron chi connectivity index (χ1n) is 9.45. The summed E-state index contributed by atoms with van der Waals surface area (Å²) in [6.45, 7) is 7.82. The Bertz CT molecular complexity index is 867. The number of hydrogen-bond donors (Lipinski definition) is 0. The summed E-state index contributed by atoms with van der Waals surface area (Å²) in [6, 6.07) is 10.4. The molecule has 0 radical (unpaired) electrons. The van der Waals surface area contributed by atoms with Gasteiger partial charge in [0.1, 0.15) is 17.8 Å². The van der Waals surface area contributed by atoms with Gasteiger partial charge in [0.15, 0.2) is 5.78 Å². The molecule has 0 aromatic heterocycles. The Morgan fingerprint density at radius 3 is 2.43 bits per heavy atom. The van der Waals surface area contributed by atoms with Crippen molar-refractivity contribution in [3.05, 3.63) is 64.5 Å². The highest BCUT2D eigenvalue weighted by Crippen LogP contribution is 2.35. The summed E-state index contributed by atoms with van der Waals surface area (Å²) in [5.41, 5.74) is 3.78. The van der Waals surface area contributed by atoms with E-state index in [1.165, 1.54) is 23.9 Å². The molecule has 2 aromatic rings. The van der Waals surface area contributed by atoms with Crippen LogP contribution in [0, 0.1) is 32.5 Å². The van der Waals surface area contributed by atoms with Crippen molar-refractivity contribution in [1.29, 1.82) is 0 Å². The van der Waals surface area contributed by atoms with Gasteiger partial charge in [0.05, 0.1) is 0 Å². The lowest BCUT2D eigenvalue weighted by atomic mass is 9.82. The monoisotopic (exact) mass is 400 g/mol. The zero-order chi connectivity index (χ0) is 20.4. The normalized spacial score (nSPS) is 20.8. The standard InChI is InChI=1S/C23H25FO3S/c1-13-8-14(2)21(15(3)9-13)22-19(25)11-20(27-23(22)26)16(4)12-28-18-7-5-6-17(24)10-18/h5-10,16,20,22H,11-12H2,1-4H3. The summed E-state index contributed by atoms with van der Waals surface area (Å²) in [4.78, 5) is 26.4. The number of cyclic esters (lactones) is 1. The molecule has 3 unspecified atom stereocenters. The van der Waals surface area contributed by atoms with E-state index < -0.39 is 18.0 Å². The van der Waals surface area contributed by atoms with Crippen LogP contribution in [0.25, 0.3) is 0 Å². The number of Topliss-reactive ketones (excluding diaryl/α,β-unsaturated/α-hetero) is 1. The molecule has 0 aliphatic carbocycles. The van der Waals surface area contributed by atoms with E-state index in [0.717, 1.165) is 27.1 Å². The number of esters is 1. The Labute approximate surface area is 169 Å². The molecule has 0 amide bonds. The van der Waals surface area contributed by atoms with Crippen LogP contribution in [-0.2, 0) is 14.3 Å². The van der Waals surface area contributed by atoms with Gasteiger partial charge in [0.25, 0.3) is 0 Å². The summed E-state index contributed by atoms with van der Waals surface area (Å²) >= 11 is 1.50. The molecule has 1 saturated heterocycles. The van der Waals surface area contributed by atoms with Crippen molar-refractivity contribution >= 4 is 23.5 Å². The van der Waals surface area contributed by atoms with E-state index in [0.29, 0.717) is 5.75 Å². The number of ether oxygens (including phenoxy) is 1. The minimum Gasteiger partial charge on any atom is -0.461 e. The molecular formula is C23H25FO3S. The van der Waals surface area contributed by atoms with E-state index in [1.54, 1.807) is 6.07 Å². The van der Waals surface area contributed by atoms with Crippen molar-refractivity contribution in [2.24, 2.45) is 5.92 Å². The molecule has 5 heteroatoms. The number of hydrogen-bond acceptors (Lipinski definition) is 4. The third-order valence-electron chi connectivity index (χ3n) is 5.20. The van der Waals surface area contributed by atoms with Gasteiger partial charge in [0.2, 0.25) is 0 Å². The van der Waals surface area contributed by atoms with Crippen molar-refractivity contribution in [2.75, 3.05) is 5.75 Å². The van der Waals surface area contributed by atoms with Crippen LogP contribution in [0.3, 0.4) is 0 Å². The fraction of sp³-hybridized carbons (Fsp3) is 0.391. The number of benzene rings is 2. The van der Waals surface area contributed by atoms with Crippen molar-refractivity contribution in [3.8, 4) is 0 Å². The molecule has 28 heavy (non-hydrogen) atoms. The maximum atomic E-state index is 13.3. The first-order valence-corrected chi connectivity index (χ1v) is 10.4. The molecule has 0 spiro atoms. The molecule has 1 heterocycles. The van der Waals surface area contributed by atoms with Gasteiger partial charge in [-0.2, -0.15) is 0 Å². The SMILES string of the molecule is Cc1cc(C)c(C2C(=O)CC(C(C)CSc3cccc(F)c3)OC2=O)c(C)c1. The Morgan fingerprint density at radius 1 is 1.14 bits per heavy atom. The second kappa shape index (κ2) is 8.48. The van der Waals surface area contributed by atoms with Crippen LogP contribution < -0.4 is 0 Å². The predicted octanol–water partition coefficient (Wildman–Crippen LogP) is 5.15. The van der Waals surface area contributed by atoms with Gasteiger partial charge >= 0.3 is 5.97 Å². The molecule has 148 valence electrons. The Morgan fingerprint density at radius 2 is 1.82 bits per heavy atom. The van der Waals surface area contributed by atoms with Gasteiger partial charge in [-0.25, -0.2) is 4.39 Å². The molecular weight excluding hydrogens is 375 g/mol. The number of aryl methyl sites for hydroxylation is 3. The van der Waals surface area contributed by atoms with Gasteiger partial charge in [0, 0.05) is 23.0 Å². The molecule has 0 saturated carbocycles. The Hall–Kier alpha value is -2.14. The number of rotatable bonds is 5. The van der Waals surface area contributed by atoms with Gasteiger partial charge < -0.3 is 4.74 Å². The molecule has 0 bridgehead atoms. The second-order valence-electron chi connectivity index (χ2n) is 7.64. The smallest absolute Gasteiger partial charge is 0.321 e. The van der Waals surface area contributed by atoms with E-state index in [1.807, 2.05) is 45.9 Å². The highest BCUT2D eigenvalue weighted by Gasteiger charge is 2.41. The van der Waals surface area contributed by atoms with Gasteiger partial charge in [-0.15, -0.1) is 11.8 Å². The lowest BCUT2D eigenvalue weighted by molar-refractivity contribution is -0.162. The van der Waals surface area contributed by atoms with Crippen LogP contribution in [0.1, 0.15) is 41.5 Å². The zero-order valence-corrected chi connectivity index (χ0v) is 17.4. The van der Waals surface area contributed by atoms with Gasteiger partial charge in [-0.1, -0.05) is 30.7 Å². The van der Waals surface area contributed by atoms with E-state index in [9.17, 15) is 14.0 Å². The van der Waals surface area contributed by atoms with Crippen LogP contribution in [0.5, 0.6) is 0 Å².